The Morgan fingerprint density at radius 3 is 2.72 bits per heavy atom. The van der Waals surface area contributed by atoms with Crippen LogP contribution in [0.5, 0.6) is 0 Å². The minimum atomic E-state index is 0.570. The molecule has 1 atom stereocenters. The number of rotatable bonds is 7. The molecule has 1 nitrogen and oxygen atoms in total. The summed E-state index contributed by atoms with van der Waals surface area (Å²) in [6.07, 6.45) is 9.78. The van der Waals surface area contributed by atoms with Crippen molar-refractivity contribution in [2.45, 2.75) is 55.9 Å². The predicted octanol–water partition coefficient (Wildman–Crippen LogP) is 4.91. The zero-order valence-electron chi connectivity index (χ0n) is 11.1. The largest absolute Gasteiger partial charge is 0.378 e. The normalized spacial score (nSPS) is 19.9. The van der Waals surface area contributed by atoms with Crippen LogP contribution in [-0.2, 0) is 4.74 Å². The number of unbranched alkanes of at least 4 members (excludes halogenated alkanes) is 2. The number of thioether (sulfide) groups is 1. The molecule has 0 bridgehead atoms. The van der Waals surface area contributed by atoms with E-state index < -0.39 is 0 Å². The topological polar surface area (TPSA) is 9.23 Å². The van der Waals surface area contributed by atoms with Crippen molar-refractivity contribution in [2.24, 2.45) is 0 Å². The Morgan fingerprint density at radius 2 is 1.94 bits per heavy atom. The number of ether oxygens (including phenoxy) is 1. The number of hydrogen-bond acceptors (Lipinski definition) is 2. The van der Waals surface area contributed by atoms with Crippen LogP contribution in [0.25, 0.3) is 0 Å². The summed E-state index contributed by atoms with van der Waals surface area (Å²) in [5.74, 6) is 1.25. The molecular formula is C16H24OS. The van der Waals surface area contributed by atoms with E-state index in [4.69, 9.17) is 4.74 Å². The fourth-order valence-corrected chi connectivity index (χ4v) is 3.33. The van der Waals surface area contributed by atoms with Crippen molar-refractivity contribution in [3.05, 3.63) is 30.3 Å². The van der Waals surface area contributed by atoms with Gasteiger partial charge in [0.15, 0.2) is 0 Å². The van der Waals surface area contributed by atoms with Gasteiger partial charge < -0.3 is 4.74 Å². The predicted molar refractivity (Wildman–Crippen MR) is 79.2 cm³/mol. The van der Waals surface area contributed by atoms with E-state index in [9.17, 15) is 0 Å². The van der Waals surface area contributed by atoms with Crippen molar-refractivity contribution in [2.75, 3.05) is 12.4 Å². The summed E-state index contributed by atoms with van der Waals surface area (Å²) in [5, 5.41) is 0. The van der Waals surface area contributed by atoms with Gasteiger partial charge in [0.25, 0.3) is 0 Å². The molecule has 1 unspecified atom stereocenters. The third-order valence-electron chi connectivity index (χ3n) is 3.46. The second-order valence-corrected chi connectivity index (χ2v) is 6.17. The summed E-state index contributed by atoms with van der Waals surface area (Å²) in [5.41, 5.74) is 0. The van der Waals surface area contributed by atoms with E-state index in [0.717, 1.165) is 6.61 Å². The van der Waals surface area contributed by atoms with Gasteiger partial charge in [0.2, 0.25) is 0 Å². The highest BCUT2D eigenvalue weighted by Crippen LogP contribution is 2.21. The van der Waals surface area contributed by atoms with Crippen molar-refractivity contribution in [3.8, 4) is 0 Å². The molecule has 1 aromatic rings. The average molecular weight is 264 g/mol. The van der Waals surface area contributed by atoms with Gasteiger partial charge in [-0.25, -0.2) is 0 Å². The van der Waals surface area contributed by atoms with Crippen molar-refractivity contribution in [1.29, 1.82) is 0 Å². The zero-order valence-corrected chi connectivity index (χ0v) is 12.0. The monoisotopic (exact) mass is 264 g/mol. The number of benzene rings is 1. The first-order valence-corrected chi connectivity index (χ1v) is 8.23. The van der Waals surface area contributed by atoms with Crippen LogP contribution in [0.15, 0.2) is 35.2 Å². The van der Waals surface area contributed by atoms with E-state index >= 15 is 0 Å². The highest BCUT2D eigenvalue weighted by Gasteiger charge is 2.12. The van der Waals surface area contributed by atoms with Gasteiger partial charge in [-0.05, 0) is 50.0 Å². The van der Waals surface area contributed by atoms with E-state index in [0.29, 0.717) is 6.10 Å². The van der Waals surface area contributed by atoms with Gasteiger partial charge in [-0.1, -0.05) is 31.0 Å². The lowest BCUT2D eigenvalue weighted by Gasteiger charge is -2.22. The van der Waals surface area contributed by atoms with E-state index in [1.165, 1.54) is 55.6 Å². The van der Waals surface area contributed by atoms with Gasteiger partial charge in [-0.15, -0.1) is 11.8 Å². The molecule has 0 amide bonds. The maximum absolute atomic E-state index is 5.75. The van der Waals surface area contributed by atoms with E-state index in [-0.39, 0.29) is 0 Å². The Morgan fingerprint density at radius 1 is 1.06 bits per heavy atom. The molecule has 1 fully saturated rings. The van der Waals surface area contributed by atoms with Crippen LogP contribution in [0.3, 0.4) is 0 Å². The standard InChI is InChI=1S/C16H24OS/c1-4-11-16(12-5-1)18-14-8-2-3-9-15-10-6-7-13-17-15/h1,4-5,11-12,15H,2-3,6-10,13-14H2. The molecule has 1 aliphatic heterocycles. The van der Waals surface area contributed by atoms with Crippen LogP contribution in [0.1, 0.15) is 44.9 Å². The summed E-state index contributed by atoms with van der Waals surface area (Å²) in [4.78, 5) is 1.40. The molecule has 1 aromatic carbocycles. The van der Waals surface area contributed by atoms with E-state index in [1.807, 2.05) is 11.8 Å². The second kappa shape index (κ2) is 8.60. The first-order valence-electron chi connectivity index (χ1n) is 7.24. The van der Waals surface area contributed by atoms with Crippen molar-refractivity contribution < 1.29 is 4.74 Å². The molecule has 2 heteroatoms. The Hall–Kier alpha value is -0.470. The quantitative estimate of drug-likeness (QED) is 0.511. The molecular weight excluding hydrogens is 240 g/mol. The zero-order chi connectivity index (χ0) is 12.5. The minimum Gasteiger partial charge on any atom is -0.378 e. The van der Waals surface area contributed by atoms with Crippen LogP contribution in [0, 0.1) is 0 Å². The fourth-order valence-electron chi connectivity index (χ4n) is 2.39. The summed E-state index contributed by atoms with van der Waals surface area (Å²) in [6, 6.07) is 10.7. The minimum absolute atomic E-state index is 0.570. The van der Waals surface area contributed by atoms with E-state index in [1.54, 1.807) is 0 Å². The van der Waals surface area contributed by atoms with Gasteiger partial charge in [-0.2, -0.15) is 0 Å². The molecule has 0 aromatic heterocycles. The molecule has 0 spiro atoms. The Balaban J connectivity index is 1.46. The molecule has 1 saturated heterocycles. The Kier molecular flexibility index (Phi) is 6.67. The second-order valence-electron chi connectivity index (χ2n) is 5.00. The van der Waals surface area contributed by atoms with Crippen LogP contribution in [0.2, 0.25) is 0 Å². The van der Waals surface area contributed by atoms with Crippen LogP contribution in [0.4, 0.5) is 0 Å². The highest BCUT2D eigenvalue weighted by atomic mass is 32.2. The van der Waals surface area contributed by atoms with Gasteiger partial charge in [0, 0.05) is 11.5 Å². The molecule has 1 heterocycles. The maximum atomic E-state index is 5.75. The highest BCUT2D eigenvalue weighted by molar-refractivity contribution is 7.99. The maximum Gasteiger partial charge on any atom is 0.0575 e. The average Bonchev–Trinajstić information content (AvgIpc) is 2.45. The lowest BCUT2D eigenvalue weighted by Crippen LogP contribution is -2.18. The molecule has 18 heavy (non-hydrogen) atoms. The first kappa shape index (κ1) is 14.0. The molecule has 0 N–H and O–H groups in total. The molecule has 0 saturated carbocycles. The molecule has 100 valence electrons. The van der Waals surface area contributed by atoms with Crippen LogP contribution < -0.4 is 0 Å². The lowest BCUT2D eigenvalue weighted by molar-refractivity contribution is 0.00985. The summed E-state index contributed by atoms with van der Waals surface area (Å²) < 4.78 is 5.75. The molecule has 1 aliphatic rings. The van der Waals surface area contributed by atoms with Crippen molar-refractivity contribution in [1.82, 2.24) is 0 Å². The third-order valence-corrected chi connectivity index (χ3v) is 4.55. The van der Waals surface area contributed by atoms with Crippen LogP contribution in [-0.4, -0.2) is 18.5 Å². The van der Waals surface area contributed by atoms with Crippen molar-refractivity contribution in [3.63, 3.8) is 0 Å². The molecule has 0 radical (unpaired) electrons. The molecule has 0 aliphatic carbocycles. The summed E-state index contributed by atoms with van der Waals surface area (Å²) in [7, 11) is 0. The Labute approximate surface area is 115 Å². The number of hydrogen-bond donors (Lipinski definition) is 0. The van der Waals surface area contributed by atoms with Gasteiger partial charge in [-0.3, -0.25) is 0 Å². The molecule has 2 rings (SSSR count). The lowest BCUT2D eigenvalue weighted by atomic mass is 10.0. The smallest absolute Gasteiger partial charge is 0.0575 e. The van der Waals surface area contributed by atoms with Crippen LogP contribution >= 0.6 is 11.8 Å². The summed E-state index contributed by atoms with van der Waals surface area (Å²) >= 11 is 1.98. The fraction of sp³-hybridized carbons (Fsp3) is 0.625. The van der Waals surface area contributed by atoms with Gasteiger partial charge >= 0.3 is 0 Å². The van der Waals surface area contributed by atoms with E-state index in [2.05, 4.69) is 30.3 Å². The van der Waals surface area contributed by atoms with Crippen molar-refractivity contribution >= 4 is 11.8 Å². The Bertz CT molecular complexity index is 306. The third kappa shape index (κ3) is 5.45. The SMILES string of the molecule is c1ccc(SCCCCCC2CCCCO2)cc1. The van der Waals surface area contributed by atoms with Gasteiger partial charge in [0.1, 0.15) is 0 Å². The van der Waals surface area contributed by atoms with Gasteiger partial charge in [0.05, 0.1) is 6.10 Å². The summed E-state index contributed by atoms with van der Waals surface area (Å²) in [6.45, 7) is 0.995. The first-order chi connectivity index (χ1) is 8.95.